The van der Waals surface area contributed by atoms with Crippen molar-refractivity contribution in [2.24, 2.45) is 0 Å². The van der Waals surface area contributed by atoms with Crippen molar-refractivity contribution in [2.45, 2.75) is 62.1 Å². The fourth-order valence-electron chi connectivity index (χ4n) is 3.04. The summed E-state index contributed by atoms with van der Waals surface area (Å²) in [5, 5.41) is 0.932. The number of halogens is 2. The fourth-order valence-corrected chi connectivity index (χ4v) is 4.92. The van der Waals surface area contributed by atoms with Gasteiger partial charge < -0.3 is 4.57 Å². The molecule has 27 heavy (non-hydrogen) atoms. The van der Waals surface area contributed by atoms with Crippen LogP contribution in [0.15, 0.2) is 55.6 Å². The second-order valence-electron chi connectivity index (χ2n) is 6.78. The van der Waals surface area contributed by atoms with Crippen LogP contribution in [0.5, 0.6) is 0 Å². The summed E-state index contributed by atoms with van der Waals surface area (Å²) < 4.78 is 1.97. The maximum atomic E-state index is 6.77. The lowest BCUT2D eigenvalue weighted by Crippen LogP contribution is -2.10. The van der Waals surface area contributed by atoms with Crippen LogP contribution in [0.2, 0.25) is 5.02 Å². The molecule has 0 N–H and O–H groups in total. The van der Waals surface area contributed by atoms with Gasteiger partial charge in [0.15, 0.2) is 0 Å². The van der Waals surface area contributed by atoms with Crippen molar-refractivity contribution >= 4 is 35.0 Å². The van der Waals surface area contributed by atoms with Gasteiger partial charge in [0.1, 0.15) is 5.50 Å². The molecule has 1 heterocycles. The smallest absolute Gasteiger partial charge is 0.125 e. The van der Waals surface area contributed by atoms with Gasteiger partial charge in [-0.2, -0.15) is 11.8 Å². The van der Waals surface area contributed by atoms with Crippen LogP contribution in [0, 0.1) is 0 Å². The number of nitrogens with zero attached hydrogens (tertiary/aromatic N) is 2. The van der Waals surface area contributed by atoms with E-state index in [9.17, 15) is 0 Å². The van der Waals surface area contributed by atoms with E-state index in [0.717, 1.165) is 17.2 Å². The number of benzene rings is 1. The molecule has 2 rings (SSSR count). The van der Waals surface area contributed by atoms with Gasteiger partial charge in [0.05, 0.1) is 11.6 Å². The van der Waals surface area contributed by atoms with Crippen LogP contribution in [0.4, 0.5) is 0 Å². The Balaban J connectivity index is 1.76. The van der Waals surface area contributed by atoms with Crippen LogP contribution in [-0.2, 0) is 0 Å². The molecule has 2 unspecified atom stereocenters. The molecule has 0 saturated heterocycles. The predicted octanol–water partition coefficient (Wildman–Crippen LogP) is 8.06. The lowest BCUT2D eigenvalue weighted by molar-refractivity contribution is 0.593. The molecule has 1 aromatic carbocycles. The quantitative estimate of drug-likeness (QED) is 0.173. The molecule has 1 aromatic heterocycles. The summed E-state index contributed by atoms with van der Waals surface area (Å²) >= 11 is 14.8. The molecular weight excluding hydrogens is 395 g/mol. The molecule has 2 atom stereocenters. The second-order valence-corrected chi connectivity index (χ2v) is 8.91. The Hall–Kier alpha value is -0.900. The van der Waals surface area contributed by atoms with E-state index in [1.54, 1.807) is 12.5 Å². The molecule has 148 valence electrons. The van der Waals surface area contributed by atoms with E-state index in [-0.39, 0.29) is 10.8 Å². The normalized spacial score (nSPS) is 13.4. The van der Waals surface area contributed by atoms with Crippen LogP contribution in [-0.4, -0.2) is 15.3 Å². The monoisotopic (exact) mass is 424 g/mol. The SMILES string of the molecule is C=CCCCCCCCCCSC(c1ccc(Cl)cc1)C(Cl)n1ccnc1. The van der Waals surface area contributed by atoms with Crippen LogP contribution in [0.1, 0.15) is 67.7 Å². The van der Waals surface area contributed by atoms with Crippen molar-refractivity contribution in [3.63, 3.8) is 0 Å². The van der Waals surface area contributed by atoms with E-state index < -0.39 is 0 Å². The maximum Gasteiger partial charge on any atom is 0.125 e. The van der Waals surface area contributed by atoms with E-state index in [1.165, 1.54) is 50.5 Å². The number of allylic oxidation sites excluding steroid dienone is 1. The fraction of sp³-hybridized carbons (Fsp3) is 0.500. The van der Waals surface area contributed by atoms with Crippen LogP contribution < -0.4 is 0 Å². The number of alkyl halides is 1. The van der Waals surface area contributed by atoms with Crippen molar-refractivity contribution in [1.29, 1.82) is 0 Å². The molecule has 0 spiro atoms. The Morgan fingerprint density at radius 1 is 1.04 bits per heavy atom. The molecule has 0 bridgehead atoms. The topological polar surface area (TPSA) is 17.8 Å². The summed E-state index contributed by atoms with van der Waals surface area (Å²) in [6.07, 6.45) is 17.8. The van der Waals surface area contributed by atoms with Gasteiger partial charge >= 0.3 is 0 Å². The summed E-state index contributed by atoms with van der Waals surface area (Å²) in [7, 11) is 0. The zero-order valence-corrected chi connectivity index (χ0v) is 18.2. The standard InChI is InChI=1S/C22H30Cl2N2S/c1-2-3-4-5-6-7-8-9-10-17-27-21(19-11-13-20(23)14-12-19)22(24)26-16-15-25-18-26/h2,11-16,18,21-22H,1,3-10,17H2. The molecular formula is C22H30Cl2N2S. The van der Waals surface area contributed by atoms with Gasteiger partial charge in [-0.1, -0.05) is 73.5 Å². The Labute approximate surface area is 178 Å². The van der Waals surface area contributed by atoms with Crippen LogP contribution in [0.3, 0.4) is 0 Å². The molecule has 0 amide bonds. The third-order valence-corrected chi connectivity index (χ3v) is 6.90. The Morgan fingerprint density at radius 2 is 1.70 bits per heavy atom. The van der Waals surface area contributed by atoms with Gasteiger partial charge in [-0.05, 0) is 42.7 Å². The highest BCUT2D eigenvalue weighted by Gasteiger charge is 2.23. The zero-order valence-electron chi connectivity index (χ0n) is 15.9. The summed E-state index contributed by atoms with van der Waals surface area (Å²) in [6, 6.07) is 8.04. The first kappa shape index (κ1) is 22.4. The number of imidazole rings is 1. The highest BCUT2D eigenvalue weighted by Crippen LogP contribution is 2.41. The third-order valence-electron chi connectivity index (χ3n) is 4.61. The number of thioether (sulfide) groups is 1. The molecule has 0 saturated carbocycles. The van der Waals surface area contributed by atoms with Gasteiger partial charge in [0, 0.05) is 17.4 Å². The van der Waals surface area contributed by atoms with E-state index >= 15 is 0 Å². The number of hydrogen-bond donors (Lipinski definition) is 0. The largest absolute Gasteiger partial charge is 0.319 e. The average molecular weight is 425 g/mol. The molecule has 2 nitrogen and oxygen atoms in total. The van der Waals surface area contributed by atoms with Crippen molar-refractivity contribution in [3.8, 4) is 0 Å². The van der Waals surface area contributed by atoms with Gasteiger partial charge in [0.25, 0.3) is 0 Å². The van der Waals surface area contributed by atoms with Crippen molar-refractivity contribution in [2.75, 3.05) is 5.75 Å². The Kier molecular flexibility index (Phi) is 11.0. The summed E-state index contributed by atoms with van der Waals surface area (Å²) in [5.74, 6) is 1.11. The van der Waals surface area contributed by atoms with Crippen LogP contribution in [0.25, 0.3) is 0 Å². The lowest BCUT2D eigenvalue weighted by Gasteiger charge is -2.23. The molecule has 2 aromatic rings. The first-order valence-corrected chi connectivity index (χ1v) is 11.7. The van der Waals surface area contributed by atoms with E-state index in [2.05, 4.69) is 23.7 Å². The minimum absolute atomic E-state index is 0.163. The van der Waals surface area contributed by atoms with Crippen molar-refractivity contribution in [1.82, 2.24) is 9.55 Å². The Morgan fingerprint density at radius 3 is 2.33 bits per heavy atom. The Bertz CT molecular complexity index is 628. The van der Waals surface area contributed by atoms with E-state index in [4.69, 9.17) is 23.2 Å². The molecule has 5 heteroatoms. The summed E-state index contributed by atoms with van der Waals surface area (Å²) in [6.45, 7) is 3.77. The number of aromatic nitrogens is 2. The minimum Gasteiger partial charge on any atom is -0.319 e. The molecule has 0 aliphatic heterocycles. The molecule has 0 aliphatic rings. The first-order chi connectivity index (χ1) is 13.2. The zero-order chi connectivity index (χ0) is 19.3. The number of rotatable bonds is 14. The molecule has 0 radical (unpaired) electrons. The second kappa shape index (κ2) is 13.3. The minimum atomic E-state index is -0.163. The van der Waals surface area contributed by atoms with Crippen molar-refractivity contribution in [3.05, 3.63) is 66.2 Å². The van der Waals surface area contributed by atoms with Crippen molar-refractivity contribution < 1.29 is 0 Å². The molecule has 0 fully saturated rings. The predicted molar refractivity (Wildman–Crippen MR) is 121 cm³/mol. The third kappa shape index (κ3) is 8.33. The van der Waals surface area contributed by atoms with Gasteiger partial charge in [-0.25, -0.2) is 4.98 Å². The van der Waals surface area contributed by atoms with Gasteiger partial charge in [-0.3, -0.25) is 0 Å². The maximum absolute atomic E-state index is 6.77. The first-order valence-electron chi connectivity index (χ1n) is 9.82. The number of hydrogen-bond acceptors (Lipinski definition) is 2. The molecule has 0 aliphatic carbocycles. The van der Waals surface area contributed by atoms with Crippen LogP contribution >= 0.6 is 35.0 Å². The van der Waals surface area contributed by atoms with Gasteiger partial charge in [-0.15, -0.1) is 6.58 Å². The average Bonchev–Trinajstić information content (AvgIpc) is 3.22. The number of unbranched alkanes of at least 4 members (excludes halogenated alkanes) is 7. The van der Waals surface area contributed by atoms with E-state index in [1.807, 2.05) is 40.7 Å². The summed E-state index contributed by atoms with van der Waals surface area (Å²) in [5.41, 5.74) is 1.05. The lowest BCUT2D eigenvalue weighted by atomic mass is 10.1. The summed E-state index contributed by atoms with van der Waals surface area (Å²) in [4.78, 5) is 4.13. The van der Waals surface area contributed by atoms with E-state index in [0.29, 0.717) is 0 Å². The van der Waals surface area contributed by atoms with Gasteiger partial charge in [0.2, 0.25) is 0 Å². The highest BCUT2D eigenvalue weighted by atomic mass is 35.5. The highest BCUT2D eigenvalue weighted by molar-refractivity contribution is 7.99.